The van der Waals surface area contributed by atoms with Gasteiger partial charge in [-0.1, -0.05) is 0 Å². The van der Waals surface area contributed by atoms with Gasteiger partial charge in [0.25, 0.3) is 0 Å². The third-order valence-electron chi connectivity index (χ3n) is 1.18. The lowest BCUT2D eigenvalue weighted by Gasteiger charge is -2.09. The first-order valence-corrected chi connectivity index (χ1v) is 3.33. The van der Waals surface area contributed by atoms with Gasteiger partial charge in [-0.2, -0.15) is 0 Å². The zero-order chi connectivity index (χ0) is 10.4. The topological polar surface area (TPSA) is 124 Å². The Kier molecular flexibility index (Phi) is 4.45. The highest BCUT2D eigenvalue weighted by Gasteiger charge is 2.20. The van der Waals surface area contributed by atoms with Crippen molar-refractivity contribution in [1.29, 1.82) is 0 Å². The lowest BCUT2D eigenvalue weighted by molar-refractivity contribution is -0.146. The lowest BCUT2D eigenvalue weighted by Crippen LogP contribution is -2.41. The quantitative estimate of drug-likeness (QED) is 0.406. The Morgan fingerprint density at radius 1 is 1.08 bits per heavy atom. The first-order chi connectivity index (χ1) is 5.93. The van der Waals surface area contributed by atoms with Gasteiger partial charge in [0.1, 0.15) is 6.04 Å². The van der Waals surface area contributed by atoms with Gasteiger partial charge in [0.2, 0.25) is 0 Å². The summed E-state index contributed by atoms with van der Waals surface area (Å²) in [4.78, 5) is 30.4. The summed E-state index contributed by atoms with van der Waals surface area (Å²) in [5, 5.41) is 26.9. The minimum absolute atomic E-state index is 0.579. The highest BCUT2D eigenvalue weighted by molar-refractivity contribution is 5.81. The van der Waals surface area contributed by atoms with Gasteiger partial charge in [-0.25, -0.2) is 0 Å². The van der Waals surface area contributed by atoms with E-state index < -0.39 is 36.9 Å². The van der Waals surface area contributed by atoms with Gasteiger partial charge in [-0.3, -0.25) is 19.7 Å². The number of rotatable bonds is 6. The molecule has 0 amide bonds. The van der Waals surface area contributed by atoms with E-state index in [2.05, 4.69) is 5.32 Å². The summed E-state index contributed by atoms with van der Waals surface area (Å²) in [6.07, 6.45) is -0.650. The molecular formula is C6H9NO6. The smallest absolute Gasteiger partial charge is 0.321 e. The number of aliphatic carboxylic acids is 3. The van der Waals surface area contributed by atoms with E-state index in [0.717, 1.165) is 0 Å². The SMILES string of the molecule is O=C(O)CNC(CC(=O)O)C(=O)O. The van der Waals surface area contributed by atoms with Crippen LogP contribution in [-0.4, -0.2) is 45.8 Å². The minimum atomic E-state index is -1.39. The summed E-state index contributed by atoms with van der Waals surface area (Å²) in [5.41, 5.74) is 0. The van der Waals surface area contributed by atoms with Gasteiger partial charge in [0, 0.05) is 0 Å². The average molecular weight is 191 g/mol. The van der Waals surface area contributed by atoms with Gasteiger partial charge in [-0.15, -0.1) is 0 Å². The molecular weight excluding hydrogens is 182 g/mol. The molecule has 0 aromatic carbocycles. The fraction of sp³-hybridized carbons (Fsp3) is 0.500. The minimum Gasteiger partial charge on any atom is -0.481 e. The van der Waals surface area contributed by atoms with Crippen molar-refractivity contribution in [2.24, 2.45) is 0 Å². The van der Waals surface area contributed by atoms with Gasteiger partial charge in [-0.05, 0) is 0 Å². The molecule has 0 aliphatic carbocycles. The van der Waals surface area contributed by atoms with E-state index in [1.807, 2.05) is 0 Å². The second kappa shape index (κ2) is 5.09. The Balaban J connectivity index is 4.02. The molecule has 0 saturated carbocycles. The highest BCUT2D eigenvalue weighted by atomic mass is 16.4. The number of hydrogen-bond acceptors (Lipinski definition) is 4. The molecule has 7 nitrogen and oxygen atoms in total. The third-order valence-corrected chi connectivity index (χ3v) is 1.18. The van der Waals surface area contributed by atoms with Crippen molar-refractivity contribution in [3.05, 3.63) is 0 Å². The Labute approximate surface area is 73.0 Å². The fourth-order valence-corrected chi connectivity index (χ4v) is 0.632. The Hall–Kier alpha value is -1.63. The lowest BCUT2D eigenvalue weighted by atomic mass is 10.2. The second-order valence-corrected chi connectivity index (χ2v) is 2.26. The van der Waals surface area contributed by atoms with Gasteiger partial charge >= 0.3 is 17.9 Å². The van der Waals surface area contributed by atoms with Crippen LogP contribution in [0.15, 0.2) is 0 Å². The van der Waals surface area contributed by atoms with Crippen molar-refractivity contribution >= 4 is 17.9 Å². The molecule has 0 radical (unpaired) electrons. The van der Waals surface area contributed by atoms with Crippen LogP contribution in [0.1, 0.15) is 6.42 Å². The van der Waals surface area contributed by atoms with E-state index in [4.69, 9.17) is 15.3 Å². The predicted molar refractivity (Wildman–Crippen MR) is 39.3 cm³/mol. The molecule has 0 aliphatic heterocycles. The molecule has 0 aromatic rings. The normalized spacial score (nSPS) is 12.0. The number of carboxylic acids is 3. The molecule has 0 bridgehead atoms. The van der Waals surface area contributed by atoms with Crippen molar-refractivity contribution in [1.82, 2.24) is 5.32 Å². The van der Waals surface area contributed by atoms with E-state index in [-0.39, 0.29) is 0 Å². The van der Waals surface area contributed by atoms with Crippen LogP contribution in [0.2, 0.25) is 0 Å². The van der Waals surface area contributed by atoms with E-state index in [9.17, 15) is 14.4 Å². The van der Waals surface area contributed by atoms with Crippen molar-refractivity contribution in [2.75, 3.05) is 6.54 Å². The summed E-state index contributed by atoms with van der Waals surface area (Å²) in [7, 11) is 0. The fourth-order valence-electron chi connectivity index (χ4n) is 0.632. The van der Waals surface area contributed by atoms with E-state index in [1.165, 1.54) is 0 Å². The summed E-state index contributed by atoms with van der Waals surface area (Å²) >= 11 is 0. The van der Waals surface area contributed by atoms with Crippen LogP contribution < -0.4 is 5.32 Å². The number of nitrogens with one attached hydrogen (secondary N) is 1. The van der Waals surface area contributed by atoms with E-state index in [1.54, 1.807) is 0 Å². The number of carboxylic acid groups (broad SMARTS) is 3. The summed E-state index contributed by atoms with van der Waals surface area (Å²) < 4.78 is 0. The van der Waals surface area contributed by atoms with Crippen LogP contribution in [-0.2, 0) is 14.4 Å². The molecule has 0 aromatic heterocycles. The maximum Gasteiger partial charge on any atom is 0.321 e. The molecule has 0 fully saturated rings. The van der Waals surface area contributed by atoms with Crippen molar-refractivity contribution in [3.8, 4) is 0 Å². The standard InChI is InChI=1S/C6H9NO6/c8-4(9)1-3(6(12)13)7-2-5(10)11/h3,7H,1-2H2,(H,8,9)(H,10,11)(H,12,13). The Morgan fingerprint density at radius 3 is 1.92 bits per heavy atom. The molecule has 0 saturated heterocycles. The van der Waals surface area contributed by atoms with Gasteiger partial charge in [0.15, 0.2) is 0 Å². The van der Waals surface area contributed by atoms with Gasteiger partial charge < -0.3 is 15.3 Å². The first-order valence-electron chi connectivity index (χ1n) is 3.33. The van der Waals surface area contributed by atoms with Crippen LogP contribution in [0.25, 0.3) is 0 Å². The summed E-state index contributed by atoms with van der Waals surface area (Å²) in [5.74, 6) is -3.93. The van der Waals surface area contributed by atoms with Crippen molar-refractivity contribution in [3.63, 3.8) is 0 Å². The monoisotopic (exact) mass is 191 g/mol. The van der Waals surface area contributed by atoms with Crippen molar-refractivity contribution in [2.45, 2.75) is 12.5 Å². The zero-order valence-corrected chi connectivity index (χ0v) is 6.56. The second-order valence-electron chi connectivity index (χ2n) is 2.26. The van der Waals surface area contributed by atoms with Crippen LogP contribution in [0, 0.1) is 0 Å². The predicted octanol–water partition coefficient (Wildman–Crippen LogP) is -1.41. The highest BCUT2D eigenvalue weighted by Crippen LogP contribution is 1.91. The average Bonchev–Trinajstić information content (AvgIpc) is 1.96. The molecule has 7 heteroatoms. The summed E-state index contributed by atoms with van der Waals surface area (Å²) in [6, 6.07) is -1.37. The van der Waals surface area contributed by atoms with Crippen LogP contribution in [0.5, 0.6) is 0 Å². The maximum absolute atomic E-state index is 10.3. The molecule has 1 atom stereocenters. The zero-order valence-electron chi connectivity index (χ0n) is 6.56. The number of carbonyl (C=O) groups is 3. The van der Waals surface area contributed by atoms with Crippen LogP contribution in [0.3, 0.4) is 0 Å². The van der Waals surface area contributed by atoms with E-state index >= 15 is 0 Å². The molecule has 0 heterocycles. The summed E-state index contributed by atoms with van der Waals surface area (Å²) in [6.45, 7) is -0.579. The Morgan fingerprint density at radius 2 is 1.62 bits per heavy atom. The van der Waals surface area contributed by atoms with Gasteiger partial charge in [0.05, 0.1) is 13.0 Å². The molecule has 0 aliphatic rings. The van der Waals surface area contributed by atoms with Crippen LogP contribution >= 0.6 is 0 Å². The number of hydrogen-bond donors (Lipinski definition) is 4. The molecule has 0 rings (SSSR count). The first kappa shape index (κ1) is 11.4. The molecule has 13 heavy (non-hydrogen) atoms. The maximum atomic E-state index is 10.3. The molecule has 74 valence electrons. The van der Waals surface area contributed by atoms with E-state index in [0.29, 0.717) is 0 Å². The molecule has 0 spiro atoms. The third kappa shape index (κ3) is 5.62. The Bertz CT molecular complexity index is 225. The largest absolute Gasteiger partial charge is 0.481 e. The molecule has 1 unspecified atom stereocenters. The van der Waals surface area contributed by atoms with Crippen molar-refractivity contribution < 1.29 is 29.7 Å². The molecule has 4 N–H and O–H groups in total. The van der Waals surface area contributed by atoms with Crippen LogP contribution in [0.4, 0.5) is 0 Å².